The predicted octanol–water partition coefficient (Wildman–Crippen LogP) is 1.74. The second-order valence-electron chi connectivity index (χ2n) is 4.02. The number of hydrogen-bond acceptors (Lipinski definition) is 3. The number of aromatic nitrogens is 2. The number of ether oxygens (including phenoxy) is 1. The van der Waals surface area contributed by atoms with Crippen molar-refractivity contribution in [3.05, 3.63) is 35.0 Å². The fourth-order valence-corrected chi connectivity index (χ4v) is 2.05. The average molecular weight is 215 g/mol. The van der Waals surface area contributed by atoms with Gasteiger partial charge in [-0.3, -0.25) is 5.10 Å². The molecule has 4 nitrogen and oxygen atoms in total. The molecule has 4 heteroatoms. The summed E-state index contributed by atoms with van der Waals surface area (Å²) in [5.74, 6) is 0.896. The molecule has 0 atom stereocenters. The van der Waals surface area contributed by atoms with Gasteiger partial charge in [0.05, 0.1) is 5.69 Å². The first-order valence-corrected chi connectivity index (χ1v) is 5.29. The molecule has 1 aromatic heterocycles. The maximum Gasteiger partial charge on any atom is 0.129 e. The number of hydrogen-bond donors (Lipinski definition) is 2. The highest BCUT2D eigenvalue weighted by Crippen LogP contribution is 2.37. The number of benzene rings is 1. The van der Waals surface area contributed by atoms with Gasteiger partial charge in [0.2, 0.25) is 0 Å². The Bertz CT molecular complexity index is 545. The molecule has 1 aliphatic rings. The third-order valence-electron chi connectivity index (χ3n) is 2.92. The van der Waals surface area contributed by atoms with E-state index in [1.807, 2.05) is 12.1 Å². The van der Waals surface area contributed by atoms with Crippen molar-refractivity contribution >= 4 is 0 Å². The highest BCUT2D eigenvalue weighted by atomic mass is 16.5. The van der Waals surface area contributed by atoms with Gasteiger partial charge in [-0.05, 0) is 19.1 Å². The first kappa shape index (κ1) is 9.42. The Kier molecular flexibility index (Phi) is 1.97. The third-order valence-corrected chi connectivity index (χ3v) is 2.92. The molecule has 0 saturated carbocycles. The molecule has 3 rings (SSSR count). The molecule has 0 radical (unpaired) electrons. The molecule has 16 heavy (non-hydrogen) atoms. The highest BCUT2D eigenvalue weighted by Gasteiger charge is 2.22. The van der Waals surface area contributed by atoms with E-state index < -0.39 is 0 Å². The van der Waals surface area contributed by atoms with Gasteiger partial charge in [-0.25, -0.2) is 0 Å². The van der Waals surface area contributed by atoms with Gasteiger partial charge in [0.15, 0.2) is 0 Å². The molecule has 1 aliphatic heterocycles. The minimum atomic E-state index is 0.465. The van der Waals surface area contributed by atoms with Crippen molar-refractivity contribution in [3.63, 3.8) is 0 Å². The van der Waals surface area contributed by atoms with Crippen molar-refractivity contribution in [2.75, 3.05) is 0 Å². The van der Waals surface area contributed by atoms with Crippen molar-refractivity contribution < 1.29 is 4.74 Å². The summed E-state index contributed by atoms with van der Waals surface area (Å²) in [4.78, 5) is 0. The Hall–Kier alpha value is -1.81. The van der Waals surface area contributed by atoms with Crippen LogP contribution in [0.1, 0.15) is 16.8 Å². The standard InChI is InChI=1S/C12H13N3O/c1-7-2-3-11-8(4-7)12-9(6-16-11)10(5-13)14-15-12/h2-4H,5-6,13H2,1H3,(H,14,15). The Labute approximate surface area is 93.4 Å². The SMILES string of the molecule is Cc1ccc2c(c1)-c1n[nH]c(CN)c1CO2. The Balaban J connectivity index is 2.22. The van der Waals surface area contributed by atoms with Crippen LogP contribution in [0.2, 0.25) is 0 Å². The largest absolute Gasteiger partial charge is 0.488 e. The van der Waals surface area contributed by atoms with Crippen LogP contribution in [0.25, 0.3) is 11.3 Å². The lowest BCUT2D eigenvalue weighted by Crippen LogP contribution is -2.08. The van der Waals surface area contributed by atoms with Gasteiger partial charge in [0.25, 0.3) is 0 Å². The first-order valence-electron chi connectivity index (χ1n) is 5.29. The van der Waals surface area contributed by atoms with Gasteiger partial charge in [0, 0.05) is 17.7 Å². The molecule has 0 amide bonds. The topological polar surface area (TPSA) is 63.9 Å². The zero-order chi connectivity index (χ0) is 11.1. The van der Waals surface area contributed by atoms with E-state index in [1.165, 1.54) is 5.56 Å². The Morgan fingerprint density at radius 1 is 1.50 bits per heavy atom. The van der Waals surface area contributed by atoms with Crippen LogP contribution >= 0.6 is 0 Å². The van der Waals surface area contributed by atoms with Crippen LogP contribution in [0.5, 0.6) is 5.75 Å². The number of rotatable bonds is 1. The number of aromatic amines is 1. The summed E-state index contributed by atoms with van der Waals surface area (Å²) in [7, 11) is 0. The van der Waals surface area contributed by atoms with E-state index in [-0.39, 0.29) is 0 Å². The van der Waals surface area contributed by atoms with E-state index in [4.69, 9.17) is 10.5 Å². The van der Waals surface area contributed by atoms with Gasteiger partial charge in [-0.15, -0.1) is 0 Å². The fraction of sp³-hybridized carbons (Fsp3) is 0.250. The maximum absolute atomic E-state index is 5.69. The summed E-state index contributed by atoms with van der Waals surface area (Å²) in [6.45, 7) is 3.08. The monoisotopic (exact) mass is 215 g/mol. The lowest BCUT2D eigenvalue weighted by Gasteiger charge is -2.17. The smallest absolute Gasteiger partial charge is 0.129 e. The summed E-state index contributed by atoms with van der Waals surface area (Å²) in [6.07, 6.45) is 0. The first-order chi connectivity index (χ1) is 7.79. The van der Waals surface area contributed by atoms with E-state index in [1.54, 1.807) is 0 Å². The third kappa shape index (κ3) is 1.23. The van der Waals surface area contributed by atoms with Gasteiger partial charge in [-0.2, -0.15) is 5.10 Å². The van der Waals surface area contributed by atoms with Crippen LogP contribution in [0.4, 0.5) is 0 Å². The summed E-state index contributed by atoms with van der Waals surface area (Å²) < 4.78 is 5.69. The molecule has 3 N–H and O–H groups in total. The second kappa shape index (κ2) is 3.35. The average Bonchev–Trinajstić information content (AvgIpc) is 2.72. The zero-order valence-electron chi connectivity index (χ0n) is 9.08. The van der Waals surface area contributed by atoms with E-state index in [0.717, 1.165) is 28.3 Å². The molecule has 0 spiro atoms. The predicted molar refractivity (Wildman–Crippen MR) is 61.0 cm³/mol. The van der Waals surface area contributed by atoms with E-state index in [2.05, 4.69) is 23.2 Å². The summed E-state index contributed by atoms with van der Waals surface area (Å²) in [5, 5.41) is 7.30. The van der Waals surface area contributed by atoms with Crippen molar-refractivity contribution in [2.24, 2.45) is 5.73 Å². The molecule has 82 valence electrons. The number of H-pyrrole nitrogens is 1. The number of nitrogens with two attached hydrogens (primary N) is 1. The summed E-state index contributed by atoms with van der Waals surface area (Å²) in [5.41, 5.74) is 10.9. The summed E-state index contributed by atoms with van der Waals surface area (Å²) >= 11 is 0. The van der Waals surface area contributed by atoms with Crippen molar-refractivity contribution in [1.29, 1.82) is 0 Å². The molecule has 0 bridgehead atoms. The van der Waals surface area contributed by atoms with Gasteiger partial charge < -0.3 is 10.5 Å². The van der Waals surface area contributed by atoms with Crippen molar-refractivity contribution in [1.82, 2.24) is 10.2 Å². The lowest BCUT2D eigenvalue weighted by molar-refractivity contribution is 0.301. The molecule has 0 saturated heterocycles. The van der Waals surface area contributed by atoms with E-state index in [0.29, 0.717) is 13.2 Å². The molecule has 0 fully saturated rings. The number of nitrogens with zero attached hydrogens (tertiary/aromatic N) is 1. The Morgan fingerprint density at radius 3 is 3.19 bits per heavy atom. The fourth-order valence-electron chi connectivity index (χ4n) is 2.05. The second-order valence-corrected chi connectivity index (χ2v) is 4.02. The normalized spacial score (nSPS) is 12.9. The summed E-state index contributed by atoms with van der Waals surface area (Å²) in [6, 6.07) is 6.12. The van der Waals surface area contributed by atoms with E-state index in [9.17, 15) is 0 Å². The molecule has 0 unspecified atom stereocenters. The van der Waals surface area contributed by atoms with Crippen LogP contribution in [-0.4, -0.2) is 10.2 Å². The molecule has 2 heterocycles. The highest BCUT2D eigenvalue weighted by molar-refractivity contribution is 5.73. The minimum Gasteiger partial charge on any atom is -0.488 e. The van der Waals surface area contributed by atoms with Crippen molar-refractivity contribution in [2.45, 2.75) is 20.1 Å². The van der Waals surface area contributed by atoms with Gasteiger partial charge >= 0.3 is 0 Å². The maximum atomic E-state index is 5.69. The number of fused-ring (bicyclic) bond motifs is 3. The van der Waals surface area contributed by atoms with Crippen LogP contribution in [0.15, 0.2) is 18.2 Å². The number of nitrogens with one attached hydrogen (secondary N) is 1. The lowest BCUT2D eigenvalue weighted by atomic mass is 10.0. The van der Waals surface area contributed by atoms with Crippen LogP contribution in [0, 0.1) is 6.92 Å². The Morgan fingerprint density at radius 2 is 2.38 bits per heavy atom. The molecule has 2 aromatic rings. The van der Waals surface area contributed by atoms with Crippen LogP contribution in [-0.2, 0) is 13.2 Å². The van der Waals surface area contributed by atoms with Gasteiger partial charge in [0.1, 0.15) is 18.1 Å². The molecule has 1 aromatic carbocycles. The quantitative estimate of drug-likeness (QED) is 0.761. The van der Waals surface area contributed by atoms with Crippen LogP contribution in [0.3, 0.4) is 0 Å². The van der Waals surface area contributed by atoms with Crippen LogP contribution < -0.4 is 10.5 Å². The molecular formula is C12H13N3O. The van der Waals surface area contributed by atoms with Gasteiger partial charge in [-0.1, -0.05) is 11.6 Å². The number of aryl methyl sites for hydroxylation is 1. The molecular weight excluding hydrogens is 202 g/mol. The van der Waals surface area contributed by atoms with E-state index >= 15 is 0 Å². The minimum absolute atomic E-state index is 0.465. The molecule has 0 aliphatic carbocycles. The van der Waals surface area contributed by atoms with Crippen molar-refractivity contribution in [3.8, 4) is 17.0 Å². The zero-order valence-corrected chi connectivity index (χ0v) is 9.08.